The summed E-state index contributed by atoms with van der Waals surface area (Å²) in [5.41, 5.74) is 0. The van der Waals surface area contributed by atoms with Gasteiger partial charge in [-0.3, -0.25) is 4.72 Å². The average Bonchev–Trinajstić information content (AvgIpc) is 2.56. The summed E-state index contributed by atoms with van der Waals surface area (Å²) >= 11 is 0. The van der Waals surface area contributed by atoms with E-state index in [-0.39, 0.29) is 25.3 Å². The van der Waals surface area contributed by atoms with Gasteiger partial charge in [0.2, 0.25) is 10.0 Å². The van der Waals surface area contributed by atoms with Gasteiger partial charge in [0.25, 0.3) is 0 Å². The van der Waals surface area contributed by atoms with Gasteiger partial charge < -0.3 is 9.12 Å². The van der Waals surface area contributed by atoms with Gasteiger partial charge in [-0.15, -0.1) is 0 Å². The molecule has 0 bridgehead atoms. The van der Waals surface area contributed by atoms with Gasteiger partial charge in [0.1, 0.15) is 5.82 Å². The summed E-state index contributed by atoms with van der Waals surface area (Å²) in [5, 5.41) is 0. The van der Waals surface area contributed by atoms with Crippen LogP contribution in [0.5, 0.6) is 0 Å². The number of hydrogen-bond acceptors (Lipinski definition) is 6. The van der Waals surface area contributed by atoms with Crippen molar-refractivity contribution in [2.75, 3.05) is 16.7 Å². The largest absolute Gasteiger partial charge is 1.00 e. The van der Waals surface area contributed by atoms with E-state index in [4.69, 9.17) is 0 Å². The minimum Gasteiger partial charge on any atom is -0.748 e. The molecule has 0 amide bonds. The Morgan fingerprint density at radius 2 is 1.95 bits per heavy atom. The third kappa shape index (κ3) is 8.28. The van der Waals surface area contributed by atoms with Crippen LogP contribution in [0.15, 0.2) is 12.5 Å². The monoisotopic (exact) mass is 303 g/mol. The Kier molecular flexibility index (Phi) is 7.10. The van der Waals surface area contributed by atoms with Crippen molar-refractivity contribution in [2.45, 2.75) is 19.4 Å². The van der Waals surface area contributed by atoms with Crippen LogP contribution in [0.4, 0.5) is 5.82 Å². The molecule has 104 valence electrons. The number of nitrogens with zero attached hydrogens (tertiary/aromatic N) is 2. The number of anilines is 1. The van der Waals surface area contributed by atoms with Crippen molar-refractivity contribution < 1.29 is 40.2 Å². The van der Waals surface area contributed by atoms with E-state index in [0.717, 1.165) is 6.26 Å². The maximum atomic E-state index is 11.0. The van der Waals surface area contributed by atoms with E-state index >= 15 is 0 Å². The Balaban J connectivity index is 0.00000324. The van der Waals surface area contributed by atoms with Crippen LogP contribution in [0.1, 0.15) is 12.8 Å². The predicted octanol–water partition coefficient (Wildman–Crippen LogP) is -3.42. The van der Waals surface area contributed by atoms with Gasteiger partial charge >= 0.3 is 18.9 Å². The van der Waals surface area contributed by atoms with Crippen LogP contribution in [0, 0.1) is 0 Å². The minimum absolute atomic E-state index is 0. The molecule has 1 N–H and O–H groups in total. The van der Waals surface area contributed by atoms with Crippen molar-refractivity contribution in [3.05, 3.63) is 12.5 Å². The molecule has 0 fully saturated rings. The third-order valence-corrected chi connectivity index (χ3v) is 3.41. The van der Waals surface area contributed by atoms with Crippen LogP contribution in [0.25, 0.3) is 0 Å². The van der Waals surface area contributed by atoms with Crippen LogP contribution < -0.4 is 23.6 Å². The molecular formula is C8H14LiN3O5S2. The first-order valence-electron chi connectivity index (χ1n) is 5.09. The Labute approximate surface area is 124 Å². The molecule has 0 saturated heterocycles. The molecule has 1 heterocycles. The number of unbranched alkanes of at least 4 members (excludes halogenated alkanes) is 1. The van der Waals surface area contributed by atoms with Gasteiger partial charge in [0.05, 0.1) is 28.9 Å². The molecule has 11 heteroatoms. The molecular weight excluding hydrogens is 289 g/mol. The average molecular weight is 303 g/mol. The second-order valence-corrected chi connectivity index (χ2v) is 7.09. The summed E-state index contributed by atoms with van der Waals surface area (Å²) in [4.78, 5) is 3.79. The second-order valence-electron chi connectivity index (χ2n) is 3.82. The van der Waals surface area contributed by atoms with Crippen molar-refractivity contribution in [3.8, 4) is 0 Å². The Bertz CT molecular complexity index is 596. The summed E-state index contributed by atoms with van der Waals surface area (Å²) < 4.78 is 57.0. The molecule has 0 saturated carbocycles. The Morgan fingerprint density at radius 1 is 1.32 bits per heavy atom. The number of imidazole rings is 1. The SMILES string of the molecule is CS(=O)(=O)Nc1cncn1CCCCS(=O)(=O)[O-].[Li+]. The molecule has 1 aromatic heterocycles. The molecule has 0 unspecified atom stereocenters. The maximum Gasteiger partial charge on any atom is 1.00 e. The van der Waals surface area contributed by atoms with Crippen molar-refractivity contribution in [2.24, 2.45) is 0 Å². The van der Waals surface area contributed by atoms with Gasteiger partial charge in [-0.25, -0.2) is 21.8 Å². The van der Waals surface area contributed by atoms with E-state index in [1.807, 2.05) is 0 Å². The van der Waals surface area contributed by atoms with Gasteiger partial charge in [-0.05, 0) is 12.8 Å². The van der Waals surface area contributed by atoms with Crippen LogP contribution in [-0.2, 0) is 26.7 Å². The summed E-state index contributed by atoms with van der Waals surface area (Å²) in [6, 6.07) is 0. The van der Waals surface area contributed by atoms with Gasteiger partial charge in [-0.1, -0.05) is 0 Å². The summed E-state index contributed by atoms with van der Waals surface area (Å²) in [6.45, 7) is 0.382. The number of nitrogens with one attached hydrogen (secondary N) is 1. The second kappa shape index (κ2) is 7.30. The van der Waals surface area contributed by atoms with Gasteiger partial charge in [-0.2, -0.15) is 0 Å². The topological polar surface area (TPSA) is 121 Å². The number of aryl methyl sites for hydroxylation is 1. The van der Waals surface area contributed by atoms with E-state index < -0.39 is 25.9 Å². The van der Waals surface area contributed by atoms with E-state index in [9.17, 15) is 21.4 Å². The van der Waals surface area contributed by atoms with Crippen LogP contribution in [0.2, 0.25) is 0 Å². The zero-order valence-corrected chi connectivity index (χ0v) is 12.4. The quantitative estimate of drug-likeness (QED) is 0.318. The molecule has 0 radical (unpaired) electrons. The molecule has 0 aliphatic heterocycles. The molecule has 1 aromatic rings. The van der Waals surface area contributed by atoms with Crippen LogP contribution in [-0.4, -0.2) is 42.9 Å². The smallest absolute Gasteiger partial charge is 0.748 e. The Morgan fingerprint density at radius 3 is 2.47 bits per heavy atom. The van der Waals surface area contributed by atoms with E-state index in [1.54, 1.807) is 4.57 Å². The number of hydrogen-bond donors (Lipinski definition) is 1. The van der Waals surface area contributed by atoms with Crippen molar-refractivity contribution in [1.82, 2.24) is 9.55 Å². The van der Waals surface area contributed by atoms with Crippen LogP contribution >= 0.6 is 0 Å². The van der Waals surface area contributed by atoms with Crippen molar-refractivity contribution in [3.63, 3.8) is 0 Å². The minimum atomic E-state index is -4.19. The predicted molar refractivity (Wildman–Crippen MR) is 64.5 cm³/mol. The van der Waals surface area contributed by atoms with Crippen molar-refractivity contribution in [1.29, 1.82) is 0 Å². The number of rotatable bonds is 7. The van der Waals surface area contributed by atoms with E-state index in [1.165, 1.54) is 12.5 Å². The summed E-state index contributed by atoms with van der Waals surface area (Å²) in [6.07, 6.45) is 4.47. The molecule has 1 rings (SSSR count). The molecule has 0 aromatic carbocycles. The molecule has 0 aliphatic rings. The summed E-state index contributed by atoms with van der Waals surface area (Å²) in [7, 11) is -7.57. The number of aromatic nitrogens is 2. The normalized spacial score (nSPS) is 11.9. The van der Waals surface area contributed by atoms with Crippen molar-refractivity contribution >= 4 is 26.0 Å². The third-order valence-electron chi connectivity index (χ3n) is 2.05. The zero-order chi connectivity index (χ0) is 13.8. The zero-order valence-electron chi connectivity index (χ0n) is 10.7. The molecule has 0 atom stereocenters. The maximum absolute atomic E-state index is 11.0. The fourth-order valence-electron chi connectivity index (χ4n) is 1.33. The van der Waals surface area contributed by atoms with Gasteiger partial charge in [0.15, 0.2) is 0 Å². The van der Waals surface area contributed by atoms with E-state index in [2.05, 4.69) is 9.71 Å². The first-order valence-corrected chi connectivity index (χ1v) is 8.56. The van der Waals surface area contributed by atoms with Crippen LogP contribution in [0.3, 0.4) is 0 Å². The van der Waals surface area contributed by atoms with E-state index in [0.29, 0.717) is 18.8 Å². The first-order chi connectivity index (χ1) is 8.17. The molecule has 0 spiro atoms. The number of sulfonamides is 1. The standard InChI is InChI=1S/C8H15N3O5S2.Li/c1-17(12,13)10-8-6-9-7-11(8)4-2-3-5-18(14,15)16;/h6-7,10H,2-5H2,1H3,(H,14,15,16);/q;+1/p-1. The molecule has 8 nitrogen and oxygen atoms in total. The summed E-state index contributed by atoms with van der Waals surface area (Å²) in [5.74, 6) is -0.112. The first kappa shape index (κ1) is 18.5. The van der Waals surface area contributed by atoms with Gasteiger partial charge in [0, 0.05) is 12.3 Å². The fraction of sp³-hybridized carbons (Fsp3) is 0.625. The fourth-order valence-corrected chi connectivity index (χ4v) is 2.44. The Hall–Kier alpha value is -0.533. The molecule has 19 heavy (non-hydrogen) atoms. The molecule has 0 aliphatic carbocycles.